The van der Waals surface area contributed by atoms with E-state index in [-0.39, 0.29) is 19.0 Å². The van der Waals surface area contributed by atoms with E-state index in [2.05, 4.69) is 20.1 Å². The van der Waals surface area contributed by atoms with Gasteiger partial charge in [-0.1, -0.05) is 208 Å². The third kappa shape index (κ3) is 11.3. The molecule has 0 aromatic heterocycles. The Morgan fingerprint density at radius 1 is 0.547 bits per heavy atom. The van der Waals surface area contributed by atoms with Gasteiger partial charge in [0.2, 0.25) is 17.6 Å². The van der Waals surface area contributed by atoms with Gasteiger partial charge in [-0.2, -0.15) is 0 Å². The number of rotatable bonds is 16. The summed E-state index contributed by atoms with van der Waals surface area (Å²) in [4.78, 5) is 73.5. The van der Waals surface area contributed by atoms with Crippen molar-refractivity contribution >= 4 is 29.8 Å². The van der Waals surface area contributed by atoms with Crippen molar-refractivity contribution in [2.45, 2.75) is 81.3 Å². The Labute approximate surface area is 434 Å². The highest BCUT2D eigenvalue weighted by atomic mass is 16.7. The highest BCUT2D eigenvalue weighted by Crippen LogP contribution is 2.40. The van der Waals surface area contributed by atoms with Gasteiger partial charge in [-0.05, 0) is 46.2 Å². The maximum absolute atomic E-state index is 13.8. The average Bonchev–Trinajstić information content (AvgIpc) is 4.19. The molecule has 0 unspecified atom stereocenters. The van der Waals surface area contributed by atoms with Gasteiger partial charge in [-0.15, -0.1) is 0 Å². The SMILES string of the molecule is CC(C)(c1ccc(C(=O)c2ccccc2)cc1)[C@H](N=[N+]=[N-])C(=O)N1C(=O)OC[C@@H]1Cc1ccccc1.CC(C)(c1ccc(C2(c3ccccc3)OCCO2)cc1)[C@H](N=[N+]=[N-])C(=O)N1C(=O)OC[C@@H]1Cc1ccccc1. The first-order chi connectivity index (χ1) is 36.2. The quantitative estimate of drug-likeness (QED) is 0.0388. The van der Waals surface area contributed by atoms with Crippen LogP contribution in [0.1, 0.15) is 77.0 Å². The zero-order valence-corrected chi connectivity index (χ0v) is 42.0. The zero-order valence-electron chi connectivity index (χ0n) is 42.0. The van der Waals surface area contributed by atoms with E-state index in [1.165, 1.54) is 0 Å². The second-order valence-electron chi connectivity index (χ2n) is 19.4. The number of azide groups is 2. The van der Waals surface area contributed by atoms with Crippen molar-refractivity contribution in [3.63, 3.8) is 0 Å². The van der Waals surface area contributed by atoms with Crippen molar-refractivity contribution in [1.82, 2.24) is 9.80 Å². The standard InChI is InChI=1S/C30H30N4O5.C28H26N4O4/c1-29(2,22-13-15-24(16-14-22)30(38-17-18-39-30)23-11-7-4-8-12-23)26(32-33-31)27(35)34-25(20-37-28(34)36)19-21-9-5-3-6-10-21;1-28(2,22-15-13-21(14-16-22)24(33)20-11-7-4-8-12-20)25(30-31-29)26(34)32-23(18-36-27(32)35)17-19-9-5-3-6-10-19/h3-16,25-26H,17-20H2,1-2H3;3-16,23,25H,17-18H2,1-2H3/t25-,26+;23-,25+/m00/s1. The summed E-state index contributed by atoms with van der Waals surface area (Å²) in [7, 11) is 0. The molecular weight excluding hydrogens is 953 g/mol. The normalized spacial score (nSPS) is 17.8. The summed E-state index contributed by atoms with van der Waals surface area (Å²) in [5.74, 6) is -2.35. The third-order valence-corrected chi connectivity index (χ3v) is 14.0. The minimum absolute atomic E-state index is 0.0686. The van der Waals surface area contributed by atoms with Crippen LogP contribution in [0.5, 0.6) is 0 Å². The largest absolute Gasteiger partial charge is 0.447 e. The molecule has 0 N–H and O–H groups in total. The Hall–Kier alpha value is -8.59. The molecule has 382 valence electrons. The van der Waals surface area contributed by atoms with Gasteiger partial charge in [-0.25, -0.2) is 19.4 Å². The second kappa shape index (κ2) is 23.1. The number of nitrogens with zero attached hydrogens (tertiary/aromatic N) is 8. The van der Waals surface area contributed by atoms with Gasteiger partial charge >= 0.3 is 12.2 Å². The number of benzene rings is 6. The molecule has 17 nitrogen and oxygen atoms in total. The zero-order chi connectivity index (χ0) is 53.2. The summed E-state index contributed by atoms with van der Waals surface area (Å²) in [5, 5.41) is 7.70. The number of hydrogen-bond donors (Lipinski definition) is 0. The molecule has 0 radical (unpaired) electrons. The van der Waals surface area contributed by atoms with Crippen LogP contribution in [-0.4, -0.2) is 90.2 Å². The smallest absolute Gasteiger partial charge is 0.416 e. The van der Waals surface area contributed by atoms with Gasteiger partial charge in [-0.3, -0.25) is 14.4 Å². The van der Waals surface area contributed by atoms with Crippen LogP contribution in [0.25, 0.3) is 20.9 Å². The molecule has 17 heteroatoms. The molecular formula is C58H56N8O9. The Morgan fingerprint density at radius 3 is 1.32 bits per heavy atom. The van der Waals surface area contributed by atoms with Crippen molar-refractivity contribution in [2.24, 2.45) is 10.2 Å². The molecule has 3 saturated heterocycles. The summed E-state index contributed by atoms with van der Waals surface area (Å²) in [5.41, 5.74) is 22.9. The van der Waals surface area contributed by atoms with Gasteiger partial charge < -0.3 is 18.9 Å². The predicted molar refractivity (Wildman–Crippen MR) is 278 cm³/mol. The van der Waals surface area contributed by atoms with Crippen LogP contribution in [0.4, 0.5) is 9.59 Å². The van der Waals surface area contributed by atoms with E-state index in [9.17, 15) is 35.0 Å². The van der Waals surface area contributed by atoms with Crippen molar-refractivity contribution < 1.29 is 42.9 Å². The van der Waals surface area contributed by atoms with Crippen molar-refractivity contribution in [1.29, 1.82) is 0 Å². The van der Waals surface area contributed by atoms with Gasteiger partial charge in [0.25, 0.3) is 0 Å². The van der Waals surface area contributed by atoms with Crippen molar-refractivity contribution in [2.75, 3.05) is 26.4 Å². The van der Waals surface area contributed by atoms with Gasteiger partial charge in [0.1, 0.15) is 25.3 Å². The summed E-state index contributed by atoms with van der Waals surface area (Å²) >= 11 is 0. The molecule has 3 fully saturated rings. The Bertz CT molecular complexity index is 3090. The Morgan fingerprint density at radius 2 is 0.907 bits per heavy atom. The summed E-state index contributed by atoms with van der Waals surface area (Å²) in [6, 6.07) is 48.7. The lowest BCUT2D eigenvalue weighted by atomic mass is 9.76. The Balaban J connectivity index is 0.000000200. The molecule has 3 heterocycles. The van der Waals surface area contributed by atoms with E-state index in [1.807, 2.05) is 135 Å². The number of cyclic esters (lactones) is 2. The molecule has 3 aliphatic rings. The summed E-state index contributed by atoms with van der Waals surface area (Å²) in [6.07, 6.45) is -0.611. The second-order valence-corrected chi connectivity index (χ2v) is 19.4. The number of imide groups is 2. The third-order valence-electron chi connectivity index (χ3n) is 14.0. The molecule has 0 spiro atoms. The molecule has 6 aromatic rings. The summed E-state index contributed by atoms with van der Waals surface area (Å²) in [6.45, 7) is 8.26. The molecule has 4 atom stereocenters. The molecule has 0 saturated carbocycles. The fraction of sp³-hybridized carbons (Fsp3) is 0.293. The van der Waals surface area contributed by atoms with E-state index in [1.54, 1.807) is 62.4 Å². The fourth-order valence-corrected chi connectivity index (χ4v) is 9.72. The van der Waals surface area contributed by atoms with Crippen LogP contribution < -0.4 is 0 Å². The summed E-state index contributed by atoms with van der Waals surface area (Å²) < 4.78 is 22.6. The first-order valence-electron chi connectivity index (χ1n) is 24.5. The van der Waals surface area contributed by atoms with Crippen molar-refractivity contribution in [3.8, 4) is 0 Å². The van der Waals surface area contributed by atoms with Gasteiger partial charge in [0, 0.05) is 42.9 Å². The predicted octanol–water partition coefficient (Wildman–Crippen LogP) is 10.9. The molecule has 9 rings (SSSR count). The van der Waals surface area contributed by atoms with E-state index < -0.39 is 64.8 Å². The number of ether oxygens (including phenoxy) is 4. The molecule has 0 bridgehead atoms. The molecule has 0 aliphatic carbocycles. The number of carbonyl (C=O) groups excluding carboxylic acids is 5. The molecule has 75 heavy (non-hydrogen) atoms. The minimum Gasteiger partial charge on any atom is -0.447 e. The molecule has 4 amide bonds. The number of hydrogen-bond acceptors (Lipinski definition) is 11. The minimum atomic E-state index is -1.21. The molecule has 6 aromatic carbocycles. The van der Waals surface area contributed by atoms with Gasteiger partial charge in [0.15, 0.2) is 5.78 Å². The lowest BCUT2D eigenvalue weighted by Crippen LogP contribution is -2.50. The topological polar surface area (TPSA) is 226 Å². The lowest BCUT2D eigenvalue weighted by molar-refractivity contribution is -0.132. The highest BCUT2D eigenvalue weighted by molar-refractivity contribution is 6.09. The highest BCUT2D eigenvalue weighted by Gasteiger charge is 2.48. The van der Waals surface area contributed by atoms with Crippen LogP contribution in [0.15, 0.2) is 180 Å². The number of ketones is 1. The van der Waals surface area contributed by atoms with Crippen LogP contribution in [0.3, 0.4) is 0 Å². The van der Waals surface area contributed by atoms with E-state index in [0.29, 0.717) is 42.7 Å². The first kappa shape index (κ1) is 52.7. The van der Waals surface area contributed by atoms with Crippen molar-refractivity contribution in [3.05, 3.63) is 235 Å². The molecule has 3 aliphatic heterocycles. The number of carbonyl (C=O) groups is 5. The van der Waals surface area contributed by atoms with E-state index in [4.69, 9.17) is 18.9 Å². The number of amides is 4. The maximum atomic E-state index is 13.8. The monoisotopic (exact) mass is 1010 g/mol. The fourth-order valence-electron chi connectivity index (χ4n) is 9.72. The maximum Gasteiger partial charge on any atom is 0.416 e. The lowest BCUT2D eigenvalue weighted by Gasteiger charge is -2.34. The van der Waals surface area contributed by atoms with Crippen LogP contribution >= 0.6 is 0 Å². The van der Waals surface area contributed by atoms with Crippen LogP contribution in [-0.2, 0) is 58.0 Å². The first-order valence-corrected chi connectivity index (χ1v) is 24.5. The van der Waals surface area contributed by atoms with Crippen LogP contribution in [0, 0.1) is 0 Å². The average molecular weight is 1010 g/mol. The Kier molecular flexibility index (Phi) is 16.2. The van der Waals surface area contributed by atoms with Gasteiger partial charge in [0.05, 0.1) is 25.3 Å². The van der Waals surface area contributed by atoms with E-state index >= 15 is 0 Å². The van der Waals surface area contributed by atoms with E-state index in [0.717, 1.165) is 37.6 Å². The van der Waals surface area contributed by atoms with Crippen LogP contribution in [0.2, 0.25) is 0 Å².